The highest BCUT2D eigenvalue weighted by Gasteiger charge is 2.41. The van der Waals surface area contributed by atoms with Crippen LogP contribution >= 0.6 is 22.9 Å². The van der Waals surface area contributed by atoms with Gasteiger partial charge in [-0.3, -0.25) is 14.9 Å². The first kappa shape index (κ1) is 30.3. The quantitative estimate of drug-likeness (QED) is 0.160. The lowest BCUT2D eigenvalue weighted by atomic mass is 9.99. The monoisotopic (exact) mass is 560 g/mol. The van der Waals surface area contributed by atoms with Crippen LogP contribution in [0.1, 0.15) is 61.1 Å². The normalized spacial score (nSPS) is 18.3. The average Bonchev–Trinajstić information content (AvgIpc) is 3.06. The summed E-state index contributed by atoms with van der Waals surface area (Å²) in [6.07, 6.45) is -0.786. The molecule has 0 bridgehead atoms. The maximum Gasteiger partial charge on any atom is 0.413 e. The lowest BCUT2D eigenvalue weighted by molar-refractivity contribution is -0.179. The van der Waals surface area contributed by atoms with Gasteiger partial charge in [0.15, 0.2) is 10.8 Å². The summed E-state index contributed by atoms with van der Waals surface area (Å²) in [5.41, 5.74) is 1.86. The molecule has 1 aliphatic heterocycles. The van der Waals surface area contributed by atoms with Gasteiger partial charge in [0.2, 0.25) is 11.5 Å². The highest BCUT2D eigenvalue weighted by molar-refractivity contribution is 7.20. The maximum absolute atomic E-state index is 13.2. The van der Waals surface area contributed by atoms with Crippen LogP contribution in [0.3, 0.4) is 0 Å². The van der Waals surface area contributed by atoms with Crippen molar-refractivity contribution < 1.29 is 33.5 Å². The Bertz CT molecular complexity index is 1090. The van der Waals surface area contributed by atoms with Crippen molar-refractivity contribution >= 4 is 57.7 Å². The number of thiazole rings is 1. The molecule has 2 atom stereocenters. The first-order valence-electron chi connectivity index (χ1n) is 11.3. The van der Waals surface area contributed by atoms with E-state index in [0.717, 1.165) is 11.3 Å². The number of carbonyl (C=O) groups is 4. The molecule has 0 radical (unpaired) electrons. The zero-order valence-electron chi connectivity index (χ0n) is 22.0. The van der Waals surface area contributed by atoms with Gasteiger partial charge in [-0.25, -0.2) is 14.6 Å². The molecule has 3 amide bonds. The smallest absolute Gasteiger partial charge is 0.413 e. The van der Waals surface area contributed by atoms with Gasteiger partial charge in [0.05, 0.1) is 6.04 Å². The van der Waals surface area contributed by atoms with Crippen LogP contribution < -0.4 is 21.7 Å². The van der Waals surface area contributed by atoms with Crippen molar-refractivity contribution in [3.63, 3.8) is 0 Å². The van der Waals surface area contributed by atoms with Gasteiger partial charge in [-0.15, -0.1) is 0 Å². The van der Waals surface area contributed by atoms with Crippen molar-refractivity contribution in [2.45, 2.75) is 84.3 Å². The van der Waals surface area contributed by atoms with Gasteiger partial charge in [-0.05, 0) is 55.4 Å². The van der Waals surface area contributed by atoms with E-state index in [1.165, 1.54) is 13.8 Å². The minimum atomic E-state index is -1.60. The molecule has 15 heteroatoms. The Labute approximate surface area is 223 Å². The molecule has 0 aromatic carbocycles. The molecule has 13 nitrogen and oxygen atoms in total. The second-order valence-electron chi connectivity index (χ2n) is 10.6. The number of nitrogens with zero attached hydrogens (tertiary/aromatic N) is 2. The average molecular weight is 561 g/mol. The Kier molecular flexibility index (Phi) is 9.15. The number of aromatic nitrogens is 1. The van der Waals surface area contributed by atoms with Gasteiger partial charge in [0.1, 0.15) is 27.3 Å². The van der Waals surface area contributed by atoms with Crippen LogP contribution in [0, 0.1) is 0 Å². The first-order chi connectivity index (χ1) is 16.8. The summed E-state index contributed by atoms with van der Waals surface area (Å²) in [6, 6.07) is -1.40. The molecule has 0 spiro atoms. The predicted octanol–water partition coefficient (Wildman–Crippen LogP) is 1.93. The van der Waals surface area contributed by atoms with E-state index in [2.05, 4.69) is 26.1 Å². The zero-order chi connectivity index (χ0) is 28.3. The molecule has 2 heterocycles. The van der Waals surface area contributed by atoms with E-state index in [4.69, 9.17) is 31.6 Å². The summed E-state index contributed by atoms with van der Waals surface area (Å²) >= 11 is 7.17. The molecule has 0 aliphatic carbocycles. The minimum Gasteiger partial charge on any atom is -0.457 e. The van der Waals surface area contributed by atoms with E-state index in [0.29, 0.717) is 0 Å². The summed E-state index contributed by atoms with van der Waals surface area (Å²) in [5, 5.41) is 11.4. The number of halogens is 1. The lowest BCUT2D eigenvalue weighted by Gasteiger charge is -2.36. The Morgan fingerprint density at radius 3 is 2.22 bits per heavy atom. The number of ether oxygens (including phenoxy) is 2. The van der Waals surface area contributed by atoms with Gasteiger partial charge in [-0.1, -0.05) is 28.1 Å². The molecule has 1 aromatic heterocycles. The fourth-order valence-corrected chi connectivity index (χ4v) is 3.73. The topological polar surface area (TPSA) is 183 Å². The number of nitrogens with two attached hydrogens (primary N) is 1. The number of β-lactam (4-membered cyclic amide) rings is 1. The number of esters is 1. The number of nitrogens with one attached hydrogen (secondary N) is 3. The van der Waals surface area contributed by atoms with E-state index >= 15 is 0 Å². The summed E-state index contributed by atoms with van der Waals surface area (Å²) in [7, 11) is 0. The van der Waals surface area contributed by atoms with Gasteiger partial charge >= 0.3 is 12.1 Å². The third kappa shape index (κ3) is 8.54. The van der Waals surface area contributed by atoms with Gasteiger partial charge in [0, 0.05) is 6.54 Å². The molecular formula is C22H33ClN6O7S. The van der Waals surface area contributed by atoms with Crippen LogP contribution in [0.15, 0.2) is 5.16 Å². The molecule has 1 fully saturated rings. The largest absolute Gasteiger partial charge is 0.457 e. The van der Waals surface area contributed by atoms with Crippen LogP contribution in [-0.4, -0.2) is 70.0 Å². The van der Waals surface area contributed by atoms with Crippen molar-refractivity contribution in [3.05, 3.63) is 10.0 Å². The molecular weight excluding hydrogens is 528 g/mol. The van der Waals surface area contributed by atoms with Gasteiger partial charge in [0.25, 0.3) is 5.91 Å². The van der Waals surface area contributed by atoms with Crippen molar-refractivity contribution in [3.8, 4) is 0 Å². The van der Waals surface area contributed by atoms with E-state index in [-0.39, 0.29) is 21.7 Å². The molecule has 0 saturated carbocycles. The molecule has 1 aromatic rings. The predicted molar refractivity (Wildman–Crippen MR) is 137 cm³/mol. The maximum atomic E-state index is 13.2. The van der Waals surface area contributed by atoms with E-state index in [9.17, 15) is 19.2 Å². The van der Waals surface area contributed by atoms with Crippen LogP contribution in [0.4, 0.5) is 9.93 Å². The fourth-order valence-electron chi connectivity index (χ4n) is 2.70. The summed E-state index contributed by atoms with van der Waals surface area (Å²) in [6.45, 7) is 13.0. The highest BCUT2D eigenvalue weighted by atomic mass is 35.5. The Morgan fingerprint density at radius 2 is 1.70 bits per heavy atom. The standard InChI is InChI=1S/C22H33ClN6O7S/c1-20(2,3)34-17(32)22(7,8)36-29-13(16(31)26-11-10(9-24)25-15(11)30)12-14(23)37-18(27-12)28-19(33)35-21(4,5)6/h10-11H,9,24H2,1-8H3,(H,25,30)(H,26,31)(H,27,28,33)/t10-,11+/m1/s1. The third-order valence-electron chi connectivity index (χ3n) is 4.44. The zero-order valence-corrected chi connectivity index (χ0v) is 23.5. The molecule has 1 aliphatic rings. The fraction of sp³-hybridized carbons (Fsp3) is 0.636. The molecule has 206 valence electrons. The Hall–Kier alpha value is -2.97. The third-order valence-corrected chi connectivity index (χ3v) is 5.61. The summed E-state index contributed by atoms with van der Waals surface area (Å²) in [4.78, 5) is 59.4. The van der Waals surface area contributed by atoms with Crippen LogP contribution in [0.5, 0.6) is 0 Å². The minimum absolute atomic E-state index is 0.0161. The summed E-state index contributed by atoms with van der Waals surface area (Å²) < 4.78 is 10.5. The van der Waals surface area contributed by atoms with Gasteiger partial charge in [-0.2, -0.15) is 0 Å². The number of carbonyl (C=O) groups excluding carboxylic acids is 4. The van der Waals surface area contributed by atoms with Crippen molar-refractivity contribution in [1.29, 1.82) is 0 Å². The molecule has 1 saturated heterocycles. The summed E-state index contributed by atoms with van der Waals surface area (Å²) in [5.74, 6) is -2.04. The number of hydrogen-bond donors (Lipinski definition) is 4. The second kappa shape index (κ2) is 11.2. The van der Waals surface area contributed by atoms with E-state index in [1.54, 1.807) is 41.5 Å². The highest BCUT2D eigenvalue weighted by Crippen LogP contribution is 2.30. The Morgan fingerprint density at radius 1 is 1.11 bits per heavy atom. The molecule has 2 rings (SSSR count). The molecule has 0 unspecified atom stereocenters. The van der Waals surface area contributed by atoms with Crippen LogP contribution in [0.2, 0.25) is 4.34 Å². The molecule has 5 N–H and O–H groups in total. The number of anilines is 1. The van der Waals surface area contributed by atoms with E-state index in [1.807, 2.05) is 0 Å². The number of rotatable bonds is 8. The SMILES string of the molecule is CC(C)(C)OC(=O)Nc1nc(C(=NOC(C)(C)C(=O)OC(C)(C)C)C(=O)N[C@@H]2C(=O)N[C@@H]2CN)c(Cl)s1. The lowest BCUT2D eigenvalue weighted by Crippen LogP contribution is -2.71. The number of oxime groups is 1. The van der Waals surface area contributed by atoms with Crippen molar-refractivity contribution in [1.82, 2.24) is 15.6 Å². The molecule has 37 heavy (non-hydrogen) atoms. The number of amides is 3. The first-order valence-corrected chi connectivity index (χ1v) is 12.5. The van der Waals surface area contributed by atoms with E-state index < -0.39 is 58.5 Å². The van der Waals surface area contributed by atoms with Crippen LogP contribution in [-0.2, 0) is 28.7 Å². The van der Waals surface area contributed by atoms with Crippen molar-refractivity contribution in [2.75, 3.05) is 11.9 Å². The number of hydrogen-bond acceptors (Lipinski definition) is 11. The van der Waals surface area contributed by atoms with Crippen molar-refractivity contribution in [2.24, 2.45) is 10.9 Å². The Balaban J connectivity index is 2.37. The second-order valence-corrected chi connectivity index (χ2v) is 12.2. The van der Waals surface area contributed by atoms with Crippen LogP contribution in [0.25, 0.3) is 0 Å². The van der Waals surface area contributed by atoms with Gasteiger partial charge < -0.3 is 30.7 Å².